The molecule has 1 atom stereocenters. The predicted octanol–water partition coefficient (Wildman–Crippen LogP) is 3.80. The van der Waals surface area contributed by atoms with Crippen LogP contribution < -0.4 is 24.4 Å². The molecular weight excluding hydrogens is 507 g/mol. The normalized spacial score (nSPS) is 16.3. The summed E-state index contributed by atoms with van der Waals surface area (Å²) in [7, 11) is 0. The quantitative estimate of drug-likeness (QED) is 0.368. The lowest BCUT2D eigenvalue weighted by Gasteiger charge is -2.26. The number of hydrogen-bond acceptors (Lipinski definition) is 7. The number of thiazole rings is 1. The van der Waals surface area contributed by atoms with E-state index in [0.29, 0.717) is 37.7 Å². The lowest BCUT2D eigenvalue weighted by atomic mass is 9.93. The van der Waals surface area contributed by atoms with Gasteiger partial charge in [0.05, 0.1) is 28.5 Å². The van der Waals surface area contributed by atoms with E-state index in [9.17, 15) is 14.0 Å². The van der Waals surface area contributed by atoms with Crippen molar-refractivity contribution in [3.05, 3.63) is 121 Å². The highest BCUT2D eigenvalue weighted by molar-refractivity contribution is 7.07. The Hall–Kier alpha value is -4.50. The zero-order chi connectivity index (χ0) is 26.2. The maximum absolute atomic E-state index is 13.8. The van der Waals surface area contributed by atoms with Crippen LogP contribution in [0.3, 0.4) is 0 Å². The summed E-state index contributed by atoms with van der Waals surface area (Å²) in [6.07, 6.45) is 1.69. The van der Waals surface area contributed by atoms with Gasteiger partial charge in [0.2, 0.25) is 6.79 Å². The van der Waals surface area contributed by atoms with Crippen LogP contribution in [-0.4, -0.2) is 23.9 Å². The Kier molecular flexibility index (Phi) is 6.13. The highest BCUT2D eigenvalue weighted by atomic mass is 32.1. The van der Waals surface area contributed by atoms with E-state index in [-0.39, 0.29) is 30.3 Å². The summed E-state index contributed by atoms with van der Waals surface area (Å²) in [5, 5.41) is 0. The van der Waals surface area contributed by atoms with E-state index < -0.39 is 12.0 Å². The number of ether oxygens (including phenoxy) is 3. The van der Waals surface area contributed by atoms with Gasteiger partial charge in [-0.2, -0.15) is 0 Å². The molecule has 1 unspecified atom stereocenters. The molecule has 6 rings (SSSR count). The van der Waals surface area contributed by atoms with Crippen LogP contribution in [0.1, 0.15) is 29.7 Å². The molecule has 1 aromatic heterocycles. The van der Waals surface area contributed by atoms with Gasteiger partial charge in [-0.05, 0) is 48.4 Å². The van der Waals surface area contributed by atoms with Crippen molar-refractivity contribution in [2.45, 2.75) is 13.0 Å². The molecule has 4 aromatic rings. The minimum Gasteiger partial charge on any atom is -0.463 e. The molecule has 190 valence electrons. The number of carbonyl (C=O) groups is 1. The van der Waals surface area contributed by atoms with Crippen molar-refractivity contribution in [3.8, 4) is 11.5 Å². The van der Waals surface area contributed by atoms with Crippen LogP contribution >= 0.6 is 11.3 Å². The van der Waals surface area contributed by atoms with Gasteiger partial charge in [0.15, 0.2) is 16.3 Å². The SMILES string of the molecule is CCOC(=O)C1=C(c2ccccc2)N=c2sc(=Cc3ccc(F)cc3)c(=O)n2C1c1ccc2c(c1)OCO2. The first-order chi connectivity index (χ1) is 18.5. The number of esters is 1. The van der Waals surface area contributed by atoms with Crippen molar-refractivity contribution in [2.75, 3.05) is 13.4 Å². The number of hydrogen-bond donors (Lipinski definition) is 0. The van der Waals surface area contributed by atoms with Crippen LogP contribution in [0.2, 0.25) is 0 Å². The Bertz CT molecular complexity index is 1760. The monoisotopic (exact) mass is 528 g/mol. The molecule has 0 saturated carbocycles. The third kappa shape index (κ3) is 4.20. The van der Waals surface area contributed by atoms with E-state index >= 15 is 0 Å². The second-order valence-corrected chi connectivity index (χ2v) is 9.60. The summed E-state index contributed by atoms with van der Waals surface area (Å²) in [5.74, 6) is 0.184. The number of fused-ring (bicyclic) bond motifs is 2. The van der Waals surface area contributed by atoms with Crippen molar-refractivity contribution < 1.29 is 23.4 Å². The molecule has 0 bridgehead atoms. The number of nitrogens with zero attached hydrogens (tertiary/aromatic N) is 2. The average molecular weight is 529 g/mol. The fourth-order valence-corrected chi connectivity index (χ4v) is 5.55. The molecule has 0 fully saturated rings. The molecule has 0 aliphatic carbocycles. The number of halogens is 1. The van der Waals surface area contributed by atoms with Crippen LogP contribution in [0.5, 0.6) is 11.5 Å². The zero-order valence-corrected chi connectivity index (χ0v) is 21.0. The van der Waals surface area contributed by atoms with E-state index in [2.05, 4.69) is 0 Å². The topological polar surface area (TPSA) is 79.1 Å². The van der Waals surface area contributed by atoms with Crippen molar-refractivity contribution in [3.63, 3.8) is 0 Å². The summed E-state index contributed by atoms with van der Waals surface area (Å²) in [4.78, 5) is 32.6. The van der Waals surface area contributed by atoms with Crippen LogP contribution in [-0.2, 0) is 9.53 Å². The Labute approximate surface area is 220 Å². The Morgan fingerprint density at radius 3 is 2.63 bits per heavy atom. The van der Waals surface area contributed by atoms with Crippen molar-refractivity contribution in [1.82, 2.24) is 4.57 Å². The van der Waals surface area contributed by atoms with Gasteiger partial charge < -0.3 is 14.2 Å². The van der Waals surface area contributed by atoms with E-state index in [1.54, 1.807) is 37.3 Å². The molecule has 0 saturated heterocycles. The van der Waals surface area contributed by atoms with Gasteiger partial charge >= 0.3 is 5.97 Å². The third-order valence-electron chi connectivity index (χ3n) is 6.25. The number of aromatic nitrogens is 1. The van der Waals surface area contributed by atoms with Crippen LogP contribution in [0.4, 0.5) is 4.39 Å². The minimum atomic E-state index is -0.828. The molecular formula is C29H21FN2O5S. The van der Waals surface area contributed by atoms with Crippen molar-refractivity contribution in [2.24, 2.45) is 4.99 Å². The third-order valence-corrected chi connectivity index (χ3v) is 7.24. The summed E-state index contributed by atoms with van der Waals surface area (Å²) in [6, 6.07) is 19.7. The smallest absolute Gasteiger partial charge is 0.338 e. The maximum Gasteiger partial charge on any atom is 0.338 e. The molecule has 0 spiro atoms. The second-order valence-electron chi connectivity index (χ2n) is 8.60. The lowest BCUT2D eigenvalue weighted by molar-refractivity contribution is -0.138. The summed E-state index contributed by atoms with van der Waals surface area (Å²) < 4.78 is 31.9. The van der Waals surface area contributed by atoms with Crippen molar-refractivity contribution >= 4 is 29.1 Å². The largest absolute Gasteiger partial charge is 0.463 e. The highest BCUT2D eigenvalue weighted by Gasteiger charge is 2.36. The predicted molar refractivity (Wildman–Crippen MR) is 140 cm³/mol. The Balaban J connectivity index is 1.64. The molecule has 0 N–H and O–H groups in total. The fraction of sp³-hybridized carbons (Fsp3) is 0.138. The van der Waals surface area contributed by atoms with E-state index in [1.807, 2.05) is 36.4 Å². The Morgan fingerprint density at radius 2 is 1.87 bits per heavy atom. The van der Waals surface area contributed by atoms with Gasteiger partial charge in [-0.25, -0.2) is 14.2 Å². The maximum atomic E-state index is 13.8. The molecule has 9 heteroatoms. The van der Waals surface area contributed by atoms with E-state index in [4.69, 9.17) is 19.2 Å². The van der Waals surface area contributed by atoms with Gasteiger partial charge in [0, 0.05) is 5.56 Å². The molecule has 2 aliphatic rings. The van der Waals surface area contributed by atoms with Gasteiger partial charge in [0.1, 0.15) is 5.82 Å². The number of benzene rings is 3. The highest BCUT2D eigenvalue weighted by Crippen LogP contribution is 2.40. The summed E-state index contributed by atoms with van der Waals surface area (Å²) >= 11 is 1.20. The first-order valence-corrected chi connectivity index (χ1v) is 12.8. The first kappa shape index (κ1) is 23.9. The van der Waals surface area contributed by atoms with Crippen molar-refractivity contribution in [1.29, 1.82) is 0 Å². The minimum absolute atomic E-state index is 0.0923. The van der Waals surface area contributed by atoms with Crippen LogP contribution in [0.15, 0.2) is 88.2 Å². The fourth-order valence-electron chi connectivity index (χ4n) is 4.55. The molecule has 2 aliphatic heterocycles. The molecule has 0 radical (unpaired) electrons. The standard InChI is InChI=1S/C29H21FN2O5S/c1-2-35-28(34)24-25(18-6-4-3-5-7-18)31-29-32(26(24)19-10-13-21-22(15-19)37-16-36-21)27(33)23(38-29)14-17-8-11-20(30)12-9-17/h3-15,26H,2,16H2,1H3. The first-order valence-electron chi connectivity index (χ1n) is 12.0. The number of rotatable bonds is 5. The molecule has 38 heavy (non-hydrogen) atoms. The van der Waals surface area contributed by atoms with Gasteiger partial charge in [-0.3, -0.25) is 9.36 Å². The van der Waals surface area contributed by atoms with Gasteiger partial charge in [-0.1, -0.05) is 59.9 Å². The van der Waals surface area contributed by atoms with Gasteiger partial charge in [0.25, 0.3) is 5.56 Å². The molecule has 3 aromatic carbocycles. The van der Waals surface area contributed by atoms with Crippen LogP contribution in [0, 0.1) is 5.82 Å². The average Bonchev–Trinajstić information content (AvgIpc) is 3.53. The van der Waals surface area contributed by atoms with E-state index in [1.165, 1.54) is 28.0 Å². The molecule has 7 nitrogen and oxygen atoms in total. The molecule has 3 heterocycles. The molecule has 0 amide bonds. The number of carbonyl (C=O) groups excluding carboxylic acids is 1. The summed E-state index contributed by atoms with van der Waals surface area (Å²) in [6.45, 7) is 1.98. The Morgan fingerprint density at radius 1 is 1.11 bits per heavy atom. The second kappa shape index (κ2) is 9.75. The lowest BCUT2D eigenvalue weighted by Crippen LogP contribution is -2.40. The van der Waals surface area contributed by atoms with Gasteiger partial charge in [-0.15, -0.1) is 0 Å². The summed E-state index contributed by atoms with van der Waals surface area (Å²) in [5.41, 5.74) is 2.39. The van der Waals surface area contributed by atoms with E-state index in [0.717, 1.165) is 5.56 Å². The van der Waals surface area contributed by atoms with Crippen LogP contribution in [0.25, 0.3) is 11.8 Å². The zero-order valence-electron chi connectivity index (χ0n) is 20.2.